The number of aryl methyl sites for hydroxylation is 1. The Bertz CT molecular complexity index is 906. The highest BCUT2D eigenvalue weighted by Gasteiger charge is 2.26. The molecule has 0 aliphatic rings. The van der Waals surface area contributed by atoms with Crippen LogP contribution in [-0.4, -0.2) is 49.4 Å². The Kier molecular flexibility index (Phi) is 6.75. The third kappa shape index (κ3) is 5.18. The second kappa shape index (κ2) is 8.83. The fraction of sp³-hybridized carbons (Fsp3) is 0.333. The van der Waals surface area contributed by atoms with Gasteiger partial charge in [0.2, 0.25) is 15.9 Å². The monoisotopic (exact) mass is 393 g/mol. The van der Waals surface area contributed by atoms with Crippen molar-refractivity contribution in [1.82, 2.24) is 14.2 Å². The van der Waals surface area contributed by atoms with E-state index in [0.29, 0.717) is 6.54 Å². The van der Waals surface area contributed by atoms with Crippen molar-refractivity contribution in [2.75, 3.05) is 20.2 Å². The molecule has 1 N–H and O–H groups in total. The number of likely N-dealkylation sites (N-methyl/N-ethyl adjacent to an activating group) is 1. The van der Waals surface area contributed by atoms with Gasteiger partial charge in [-0.15, -0.1) is 0 Å². The summed E-state index contributed by atoms with van der Waals surface area (Å²) in [6.45, 7) is 1.83. The van der Waals surface area contributed by atoms with Gasteiger partial charge in [-0.3, -0.25) is 4.79 Å². The number of aromatic nitrogens is 1. The van der Waals surface area contributed by atoms with Gasteiger partial charge in [-0.25, -0.2) is 13.2 Å². The molecule has 27 heavy (non-hydrogen) atoms. The molecule has 0 fully saturated rings. The lowest BCUT2D eigenvalue weighted by Crippen LogP contribution is -2.38. The molecule has 8 nitrogen and oxygen atoms in total. The van der Waals surface area contributed by atoms with E-state index in [1.165, 1.54) is 23.9 Å². The maximum absolute atomic E-state index is 12.7. The minimum absolute atomic E-state index is 0.0774. The molecule has 1 aromatic heterocycles. The highest BCUT2D eigenvalue weighted by atomic mass is 32.2. The van der Waals surface area contributed by atoms with Gasteiger partial charge in [0.1, 0.15) is 10.6 Å². The zero-order chi connectivity index (χ0) is 20.0. The lowest BCUT2D eigenvalue weighted by atomic mass is 10.2. The van der Waals surface area contributed by atoms with Gasteiger partial charge < -0.3 is 14.6 Å². The van der Waals surface area contributed by atoms with E-state index >= 15 is 0 Å². The number of hydrogen-bond donors (Lipinski definition) is 1. The molecule has 0 aliphatic heterocycles. The zero-order valence-corrected chi connectivity index (χ0v) is 16.3. The maximum Gasteiger partial charge on any atom is 0.354 e. The van der Waals surface area contributed by atoms with Crippen LogP contribution in [-0.2, 0) is 33.1 Å². The predicted molar refractivity (Wildman–Crippen MR) is 99.5 cm³/mol. The van der Waals surface area contributed by atoms with E-state index in [-0.39, 0.29) is 23.7 Å². The summed E-state index contributed by atoms with van der Waals surface area (Å²) in [6, 6.07) is 10.5. The molecule has 0 bridgehead atoms. The Labute approximate surface area is 158 Å². The van der Waals surface area contributed by atoms with E-state index < -0.39 is 21.9 Å². The number of amides is 1. The van der Waals surface area contributed by atoms with Crippen LogP contribution in [0.3, 0.4) is 0 Å². The average molecular weight is 393 g/mol. The molecule has 2 aromatic rings. The maximum atomic E-state index is 12.7. The van der Waals surface area contributed by atoms with Crippen molar-refractivity contribution < 1.29 is 22.7 Å². The van der Waals surface area contributed by atoms with Gasteiger partial charge >= 0.3 is 5.97 Å². The summed E-state index contributed by atoms with van der Waals surface area (Å²) in [4.78, 5) is 23.9. The molecule has 2 rings (SSSR count). The minimum Gasteiger partial charge on any atom is -0.461 e. The number of carbonyl (C=O) groups excluding carboxylic acids is 2. The Balaban J connectivity index is 2.04. The number of benzene rings is 1. The van der Waals surface area contributed by atoms with Gasteiger partial charge in [0.15, 0.2) is 0 Å². The summed E-state index contributed by atoms with van der Waals surface area (Å²) < 4.78 is 32.6. The van der Waals surface area contributed by atoms with Crippen molar-refractivity contribution in [3.63, 3.8) is 0 Å². The van der Waals surface area contributed by atoms with E-state index in [0.717, 1.165) is 9.87 Å². The van der Waals surface area contributed by atoms with Crippen molar-refractivity contribution in [1.29, 1.82) is 0 Å². The van der Waals surface area contributed by atoms with Gasteiger partial charge in [0.05, 0.1) is 13.2 Å². The molecule has 0 unspecified atom stereocenters. The molecule has 146 valence electrons. The van der Waals surface area contributed by atoms with Gasteiger partial charge in [-0.1, -0.05) is 30.3 Å². The topological polar surface area (TPSA) is 97.7 Å². The largest absolute Gasteiger partial charge is 0.461 e. The standard InChI is InChI=1S/C18H23N3O5S/c1-4-26-18(23)16-10-15(12-20(16)2)27(24,25)21(3)13-17(22)19-11-14-8-6-5-7-9-14/h5-10,12H,4,11,13H2,1-3H3,(H,19,22). The van der Waals surface area contributed by atoms with Crippen LogP contribution < -0.4 is 5.32 Å². The molecule has 1 amide bonds. The van der Waals surface area contributed by atoms with Crippen molar-refractivity contribution in [2.45, 2.75) is 18.4 Å². The van der Waals surface area contributed by atoms with Crippen molar-refractivity contribution in [3.05, 3.63) is 53.9 Å². The molecule has 9 heteroatoms. The van der Waals surface area contributed by atoms with E-state index in [4.69, 9.17) is 4.74 Å². The quantitative estimate of drug-likeness (QED) is 0.678. The van der Waals surface area contributed by atoms with E-state index in [2.05, 4.69) is 5.32 Å². The second-order valence-electron chi connectivity index (χ2n) is 5.92. The molecule has 0 saturated heterocycles. The number of nitrogens with zero attached hydrogens (tertiary/aromatic N) is 2. The van der Waals surface area contributed by atoms with Crippen LogP contribution in [0.5, 0.6) is 0 Å². The van der Waals surface area contributed by atoms with Gasteiger partial charge in [0.25, 0.3) is 0 Å². The van der Waals surface area contributed by atoms with Gasteiger partial charge in [0, 0.05) is 26.8 Å². The second-order valence-corrected chi connectivity index (χ2v) is 7.96. The molecule has 1 heterocycles. The molecular weight excluding hydrogens is 370 g/mol. The number of carbonyl (C=O) groups is 2. The highest BCUT2D eigenvalue weighted by Crippen LogP contribution is 2.18. The first-order valence-corrected chi connectivity index (χ1v) is 9.80. The smallest absolute Gasteiger partial charge is 0.354 e. The predicted octanol–water partition coefficient (Wildman–Crippen LogP) is 1.14. The Morgan fingerprint density at radius 1 is 1.22 bits per heavy atom. The molecule has 0 radical (unpaired) electrons. The zero-order valence-electron chi connectivity index (χ0n) is 15.5. The number of ether oxygens (including phenoxy) is 1. The number of nitrogens with one attached hydrogen (secondary N) is 1. The summed E-state index contributed by atoms with van der Waals surface area (Å²) in [5, 5.41) is 2.68. The SMILES string of the molecule is CCOC(=O)c1cc(S(=O)(=O)N(C)CC(=O)NCc2ccccc2)cn1C. The number of sulfonamides is 1. The third-order valence-corrected chi connectivity index (χ3v) is 5.64. The summed E-state index contributed by atoms with van der Waals surface area (Å²) in [6.07, 6.45) is 1.32. The van der Waals surface area contributed by atoms with Crippen LogP contribution in [0.1, 0.15) is 23.0 Å². The van der Waals surface area contributed by atoms with Crippen molar-refractivity contribution in [2.24, 2.45) is 7.05 Å². The number of hydrogen-bond acceptors (Lipinski definition) is 5. The molecule has 1 aromatic carbocycles. The molecular formula is C18H23N3O5S. The summed E-state index contributed by atoms with van der Waals surface area (Å²) in [5.41, 5.74) is 1.04. The van der Waals surface area contributed by atoms with Gasteiger partial charge in [-0.05, 0) is 18.6 Å². The van der Waals surface area contributed by atoms with E-state index in [9.17, 15) is 18.0 Å². The van der Waals surface area contributed by atoms with Gasteiger partial charge in [-0.2, -0.15) is 4.31 Å². The Morgan fingerprint density at radius 2 is 1.89 bits per heavy atom. The fourth-order valence-corrected chi connectivity index (χ4v) is 3.60. The van der Waals surface area contributed by atoms with Crippen LogP contribution in [0.4, 0.5) is 0 Å². The first-order valence-electron chi connectivity index (χ1n) is 8.36. The van der Waals surface area contributed by atoms with Crippen LogP contribution >= 0.6 is 0 Å². The molecule has 0 aliphatic carbocycles. The Morgan fingerprint density at radius 3 is 2.52 bits per heavy atom. The average Bonchev–Trinajstić information content (AvgIpc) is 3.03. The van der Waals surface area contributed by atoms with Crippen LogP contribution in [0, 0.1) is 0 Å². The molecule has 0 saturated carbocycles. The third-order valence-electron chi connectivity index (χ3n) is 3.87. The van der Waals surface area contributed by atoms with Crippen LogP contribution in [0.2, 0.25) is 0 Å². The molecule has 0 atom stereocenters. The first kappa shape index (κ1) is 20.7. The minimum atomic E-state index is -3.92. The van der Waals surface area contributed by atoms with E-state index in [1.54, 1.807) is 14.0 Å². The van der Waals surface area contributed by atoms with Crippen molar-refractivity contribution >= 4 is 21.9 Å². The first-order chi connectivity index (χ1) is 12.8. The number of esters is 1. The summed E-state index contributed by atoms with van der Waals surface area (Å²) in [7, 11) is -1.06. The lowest BCUT2D eigenvalue weighted by molar-refractivity contribution is -0.121. The number of rotatable bonds is 8. The summed E-state index contributed by atoms with van der Waals surface area (Å²) in [5.74, 6) is -1.03. The van der Waals surface area contributed by atoms with Crippen LogP contribution in [0.15, 0.2) is 47.5 Å². The highest BCUT2D eigenvalue weighted by molar-refractivity contribution is 7.89. The van der Waals surface area contributed by atoms with Crippen LogP contribution in [0.25, 0.3) is 0 Å². The van der Waals surface area contributed by atoms with Crippen molar-refractivity contribution in [3.8, 4) is 0 Å². The normalized spacial score (nSPS) is 11.4. The summed E-state index contributed by atoms with van der Waals surface area (Å²) >= 11 is 0. The molecule has 0 spiro atoms. The Hall–Kier alpha value is -2.65. The lowest BCUT2D eigenvalue weighted by Gasteiger charge is -2.16. The van der Waals surface area contributed by atoms with E-state index in [1.807, 2.05) is 30.3 Å². The fourth-order valence-electron chi connectivity index (χ4n) is 2.40.